The Bertz CT molecular complexity index is 1330. The summed E-state index contributed by atoms with van der Waals surface area (Å²) in [5.74, 6) is 1.24. The predicted molar refractivity (Wildman–Crippen MR) is 151 cm³/mol. The molecule has 4 aliphatic rings. The van der Waals surface area contributed by atoms with Crippen LogP contribution in [0.2, 0.25) is 0 Å². The van der Waals surface area contributed by atoms with Gasteiger partial charge in [0.2, 0.25) is 11.8 Å². The summed E-state index contributed by atoms with van der Waals surface area (Å²) in [7, 11) is 0. The number of carbonyl (C=O) groups excluding carboxylic acids is 3. The van der Waals surface area contributed by atoms with Crippen molar-refractivity contribution in [1.29, 1.82) is 0 Å². The molecule has 2 aliphatic heterocycles. The number of hydrogen-bond acceptors (Lipinski definition) is 9. The van der Waals surface area contributed by atoms with Gasteiger partial charge >= 0.3 is 18.3 Å². The smallest absolute Gasteiger partial charge is 0.474 e. The third-order valence-electron chi connectivity index (χ3n) is 7.46. The highest BCUT2D eigenvalue weighted by molar-refractivity contribution is 5.93. The molecule has 2 saturated carbocycles. The first-order valence-electron chi connectivity index (χ1n) is 14.5. The summed E-state index contributed by atoms with van der Waals surface area (Å²) in [6.45, 7) is 4.65. The number of hydrogen-bond donors (Lipinski definition) is 0. The van der Waals surface area contributed by atoms with E-state index in [4.69, 9.17) is 18.9 Å². The highest BCUT2D eigenvalue weighted by Crippen LogP contribution is 2.33. The third-order valence-corrected chi connectivity index (χ3v) is 7.46. The second-order valence-electron chi connectivity index (χ2n) is 11.5. The lowest BCUT2D eigenvalue weighted by molar-refractivity contribution is 0.0718. The van der Waals surface area contributed by atoms with Gasteiger partial charge in [0.25, 0.3) is 0 Å². The maximum Gasteiger partial charge on any atom is 0.526 e. The minimum Gasteiger partial charge on any atom is -0.474 e. The van der Waals surface area contributed by atoms with Crippen LogP contribution in [-0.4, -0.2) is 63.4 Å². The molecule has 0 aromatic carbocycles. The molecule has 42 heavy (non-hydrogen) atoms. The normalized spacial score (nSPS) is 22.0. The van der Waals surface area contributed by atoms with Crippen LogP contribution < -0.4 is 9.47 Å². The monoisotopic (exact) mass is 574 g/mol. The number of amides is 2. The molecule has 2 aromatic heterocycles. The van der Waals surface area contributed by atoms with E-state index < -0.39 is 18.3 Å². The van der Waals surface area contributed by atoms with Crippen LogP contribution in [-0.2, 0) is 9.47 Å². The van der Waals surface area contributed by atoms with Crippen molar-refractivity contribution in [2.24, 2.45) is 11.8 Å². The summed E-state index contributed by atoms with van der Waals surface area (Å²) in [5, 5.41) is 0. The molecule has 11 nitrogen and oxygen atoms in total. The van der Waals surface area contributed by atoms with E-state index in [0.29, 0.717) is 47.4 Å². The Balaban J connectivity index is 1.12. The number of pyridine rings is 2. The van der Waals surface area contributed by atoms with Crippen LogP contribution in [0.5, 0.6) is 11.8 Å². The zero-order chi connectivity index (χ0) is 29.2. The molecule has 220 valence electrons. The Morgan fingerprint density at radius 1 is 0.714 bits per heavy atom. The molecule has 2 aromatic rings. The number of aromatic nitrogens is 2. The number of allylic oxidation sites excluding steroid dienone is 2. The SMILES string of the molecule is C[C@H]1CC=C(c2ccnc(OC3CC3)c2)N(C(=O)OC(=O)OC(=O)N2C[C@@H](C)CC=C2c2ccnc(OC3CC3)c2)C1. The van der Waals surface area contributed by atoms with Gasteiger partial charge in [-0.3, -0.25) is 9.80 Å². The molecule has 0 bridgehead atoms. The predicted octanol–water partition coefficient (Wildman–Crippen LogP) is 6.02. The summed E-state index contributed by atoms with van der Waals surface area (Å²) in [6.07, 6.45) is 9.68. The fraction of sp³-hybridized carbons (Fsp3) is 0.452. The number of ether oxygens (including phenoxy) is 4. The zero-order valence-corrected chi connectivity index (χ0v) is 23.7. The van der Waals surface area contributed by atoms with Crippen molar-refractivity contribution in [1.82, 2.24) is 19.8 Å². The fourth-order valence-electron chi connectivity index (χ4n) is 4.96. The second-order valence-corrected chi connectivity index (χ2v) is 11.5. The van der Waals surface area contributed by atoms with E-state index in [1.807, 2.05) is 26.0 Å². The summed E-state index contributed by atoms with van der Waals surface area (Å²) in [6, 6.07) is 7.09. The maximum atomic E-state index is 13.2. The van der Waals surface area contributed by atoms with Crippen LogP contribution in [0, 0.1) is 11.8 Å². The van der Waals surface area contributed by atoms with Crippen LogP contribution in [0.15, 0.2) is 48.8 Å². The Morgan fingerprint density at radius 2 is 1.14 bits per heavy atom. The maximum absolute atomic E-state index is 13.2. The largest absolute Gasteiger partial charge is 0.526 e. The molecule has 0 N–H and O–H groups in total. The van der Waals surface area contributed by atoms with Gasteiger partial charge in [-0.1, -0.05) is 26.0 Å². The molecule has 2 fully saturated rings. The third kappa shape index (κ3) is 6.72. The van der Waals surface area contributed by atoms with Gasteiger partial charge in [-0.25, -0.2) is 24.4 Å². The van der Waals surface area contributed by atoms with Gasteiger partial charge in [-0.05, 0) is 62.5 Å². The lowest BCUT2D eigenvalue weighted by Gasteiger charge is -2.32. The highest BCUT2D eigenvalue weighted by Gasteiger charge is 2.33. The standard InChI is InChI=1S/C31H34N4O7/c1-19-3-9-25(21-11-13-32-27(15-21)39-23-5-6-23)34(17-19)29(36)41-31(38)42-30(37)35-18-20(2)4-10-26(35)22-12-14-33-28(16-22)40-24-7-8-24/h9-16,19-20,23-24H,3-8,17-18H2,1-2H3/t19-,20-/m0/s1. The first-order chi connectivity index (χ1) is 20.3. The topological polar surface area (TPSA) is 120 Å². The van der Waals surface area contributed by atoms with E-state index in [1.54, 1.807) is 36.7 Å². The van der Waals surface area contributed by atoms with Gasteiger partial charge in [0.15, 0.2) is 0 Å². The van der Waals surface area contributed by atoms with Gasteiger partial charge in [0.05, 0.1) is 11.4 Å². The van der Waals surface area contributed by atoms with Crippen molar-refractivity contribution in [2.45, 2.75) is 64.6 Å². The Labute approximate surface area is 244 Å². The molecule has 2 atom stereocenters. The molecule has 2 aliphatic carbocycles. The van der Waals surface area contributed by atoms with E-state index >= 15 is 0 Å². The minimum absolute atomic E-state index is 0.139. The van der Waals surface area contributed by atoms with Crippen LogP contribution in [0.1, 0.15) is 63.5 Å². The van der Waals surface area contributed by atoms with E-state index in [9.17, 15) is 14.4 Å². The Hall–Kier alpha value is -4.41. The quantitative estimate of drug-likeness (QED) is 0.301. The van der Waals surface area contributed by atoms with E-state index in [2.05, 4.69) is 9.97 Å². The minimum atomic E-state index is -1.39. The lowest BCUT2D eigenvalue weighted by atomic mass is 9.99. The summed E-state index contributed by atoms with van der Waals surface area (Å²) in [4.78, 5) is 50.4. The van der Waals surface area contributed by atoms with Gasteiger partial charge in [-0.15, -0.1) is 0 Å². The summed E-state index contributed by atoms with van der Waals surface area (Å²) < 4.78 is 21.7. The first-order valence-corrected chi connectivity index (χ1v) is 14.5. The number of carbonyl (C=O) groups is 3. The van der Waals surface area contributed by atoms with E-state index in [1.165, 1.54) is 9.80 Å². The van der Waals surface area contributed by atoms with Crippen LogP contribution in [0.3, 0.4) is 0 Å². The number of nitrogens with zero attached hydrogens (tertiary/aromatic N) is 4. The average molecular weight is 575 g/mol. The molecule has 0 unspecified atom stereocenters. The van der Waals surface area contributed by atoms with Crippen molar-refractivity contribution in [3.05, 3.63) is 59.9 Å². The van der Waals surface area contributed by atoms with Crippen LogP contribution in [0.4, 0.5) is 14.4 Å². The van der Waals surface area contributed by atoms with Crippen molar-refractivity contribution >= 4 is 29.7 Å². The molecule has 4 heterocycles. The van der Waals surface area contributed by atoms with Gasteiger partial charge in [0.1, 0.15) is 12.2 Å². The van der Waals surface area contributed by atoms with Crippen LogP contribution >= 0.6 is 0 Å². The molecule has 11 heteroatoms. The van der Waals surface area contributed by atoms with Gasteiger partial charge in [0, 0.05) is 48.7 Å². The van der Waals surface area contributed by atoms with Crippen LogP contribution in [0.25, 0.3) is 11.4 Å². The zero-order valence-electron chi connectivity index (χ0n) is 23.7. The average Bonchev–Trinajstić information content (AvgIpc) is 3.91. The van der Waals surface area contributed by atoms with E-state index in [0.717, 1.165) is 38.5 Å². The molecule has 0 radical (unpaired) electrons. The molecule has 6 rings (SSSR count). The second kappa shape index (κ2) is 11.8. The van der Waals surface area contributed by atoms with Crippen molar-refractivity contribution in [2.75, 3.05) is 13.1 Å². The number of rotatable bonds is 6. The lowest BCUT2D eigenvalue weighted by Crippen LogP contribution is -2.40. The van der Waals surface area contributed by atoms with E-state index in [-0.39, 0.29) is 24.0 Å². The summed E-state index contributed by atoms with van der Waals surface area (Å²) >= 11 is 0. The van der Waals surface area contributed by atoms with Gasteiger partial charge in [-0.2, -0.15) is 0 Å². The Morgan fingerprint density at radius 3 is 1.55 bits per heavy atom. The molecule has 2 amide bonds. The molecular weight excluding hydrogens is 540 g/mol. The molecular formula is C31H34N4O7. The van der Waals surface area contributed by atoms with Crippen molar-refractivity contribution in [3.8, 4) is 11.8 Å². The summed E-state index contributed by atoms with van der Waals surface area (Å²) in [5.41, 5.74) is 2.59. The highest BCUT2D eigenvalue weighted by atomic mass is 16.8. The Kier molecular flexibility index (Phi) is 7.82. The fourth-order valence-corrected chi connectivity index (χ4v) is 4.96. The molecule has 0 saturated heterocycles. The van der Waals surface area contributed by atoms with Crippen molar-refractivity contribution in [3.63, 3.8) is 0 Å². The van der Waals surface area contributed by atoms with Gasteiger partial charge < -0.3 is 18.9 Å². The van der Waals surface area contributed by atoms with Crippen molar-refractivity contribution < 1.29 is 33.3 Å². The first kappa shape index (κ1) is 27.7. The molecule has 0 spiro atoms.